The Morgan fingerprint density at radius 3 is 2.68 bits per heavy atom. The first-order valence-electron chi connectivity index (χ1n) is 11.0. The highest BCUT2D eigenvalue weighted by molar-refractivity contribution is 6.01. The molecule has 1 amide bonds. The van der Waals surface area contributed by atoms with Gasteiger partial charge in [0.1, 0.15) is 24.3 Å². The molecule has 0 aliphatic carbocycles. The molecule has 8 nitrogen and oxygen atoms in total. The van der Waals surface area contributed by atoms with Crippen molar-refractivity contribution in [3.8, 4) is 11.5 Å². The summed E-state index contributed by atoms with van der Waals surface area (Å²) in [6.07, 6.45) is 1.19. The number of ether oxygens (including phenoxy) is 2. The molecular formula is C26H25N3O5. The summed E-state index contributed by atoms with van der Waals surface area (Å²) in [6, 6.07) is 16.8. The summed E-state index contributed by atoms with van der Waals surface area (Å²) in [6.45, 7) is 4.38. The number of amides is 1. The van der Waals surface area contributed by atoms with Crippen LogP contribution in [0.4, 0.5) is 5.69 Å². The SMILES string of the molecule is COc1cc(C2Nc3ccccc3C(=O)N2Cc2ccco2)ccc1OCc1c(C)noc1C. The van der Waals surface area contributed by atoms with Crippen molar-refractivity contribution in [2.45, 2.75) is 33.2 Å². The Balaban J connectivity index is 1.46. The van der Waals surface area contributed by atoms with Crippen molar-refractivity contribution < 1.29 is 23.2 Å². The van der Waals surface area contributed by atoms with Crippen LogP contribution in [0, 0.1) is 13.8 Å². The van der Waals surface area contributed by atoms with Gasteiger partial charge in [-0.2, -0.15) is 0 Å². The fourth-order valence-electron chi connectivity index (χ4n) is 4.12. The number of aryl methyl sites for hydroxylation is 2. The molecule has 0 saturated heterocycles. The molecule has 1 unspecified atom stereocenters. The summed E-state index contributed by atoms with van der Waals surface area (Å²) in [5, 5.41) is 7.46. The van der Waals surface area contributed by atoms with E-state index in [9.17, 15) is 4.79 Å². The van der Waals surface area contributed by atoms with E-state index in [-0.39, 0.29) is 5.91 Å². The van der Waals surface area contributed by atoms with Crippen molar-refractivity contribution in [3.05, 3.63) is 94.8 Å². The number of rotatable bonds is 7. The standard InChI is InChI=1S/C26H25N3O5/c1-16-21(17(2)34-28-16)15-33-23-11-10-18(13-24(23)31-3)25-27-22-9-5-4-8-20(22)26(30)29(25)14-19-7-6-12-32-19/h4-13,25,27H,14-15H2,1-3H3. The van der Waals surface area contributed by atoms with Gasteiger partial charge >= 0.3 is 0 Å². The third-order valence-electron chi connectivity index (χ3n) is 5.99. The smallest absolute Gasteiger partial charge is 0.258 e. The predicted molar refractivity (Wildman–Crippen MR) is 125 cm³/mol. The van der Waals surface area contributed by atoms with Crippen LogP contribution in [-0.4, -0.2) is 23.1 Å². The van der Waals surface area contributed by atoms with E-state index in [0.717, 1.165) is 28.3 Å². The second-order valence-electron chi connectivity index (χ2n) is 8.11. The molecule has 0 radical (unpaired) electrons. The van der Waals surface area contributed by atoms with Crippen LogP contribution in [0.15, 0.2) is 69.8 Å². The highest BCUT2D eigenvalue weighted by atomic mass is 16.5. The highest BCUT2D eigenvalue weighted by Gasteiger charge is 2.33. The zero-order chi connectivity index (χ0) is 23.7. The molecule has 2 aromatic heterocycles. The van der Waals surface area contributed by atoms with Crippen LogP contribution in [0.2, 0.25) is 0 Å². The van der Waals surface area contributed by atoms with Crippen molar-refractivity contribution in [2.75, 3.05) is 12.4 Å². The van der Waals surface area contributed by atoms with E-state index in [4.69, 9.17) is 18.4 Å². The molecule has 34 heavy (non-hydrogen) atoms. The van der Waals surface area contributed by atoms with Gasteiger partial charge in [-0.15, -0.1) is 0 Å². The van der Waals surface area contributed by atoms with Crippen molar-refractivity contribution in [3.63, 3.8) is 0 Å². The predicted octanol–water partition coefficient (Wildman–Crippen LogP) is 5.24. The number of benzene rings is 2. The lowest BCUT2D eigenvalue weighted by atomic mass is 10.0. The van der Waals surface area contributed by atoms with Gasteiger partial charge in [0.2, 0.25) is 0 Å². The fourth-order valence-corrected chi connectivity index (χ4v) is 4.12. The molecule has 1 atom stereocenters. The highest BCUT2D eigenvalue weighted by Crippen LogP contribution is 2.38. The topological polar surface area (TPSA) is 90.0 Å². The van der Waals surface area contributed by atoms with Crippen LogP contribution in [0.25, 0.3) is 0 Å². The molecule has 4 aromatic rings. The fraction of sp³-hybridized carbons (Fsp3) is 0.231. The summed E-state index contributed by atoms with van der Waals surface area (Å²) in [7, 11) is 1.59. The summed E-state index contributed by atoms with van der Waals surface area (Å²) < 4.78 is 22.4. The first-order chi connectivity index (χ1) is 16.5. The molecular weight excluding hydrogens is 434 g/mol. The summed E-state index contributed by atoms with van der Waals surface area (Å²) in [4.78, 5) is 15.2. The Bertz CT molecular complexity index is 1290. The minimum Gasteiger partial charge on any atom is -0.493 e. The minimum atomic E-state index is -0.419. The lowest BCUT2D eigenvalue weighted by molar-refractivity contribution is 0.0651. The maximum absolute atomic E-state index is 13.4. The summed E-state index contributed by atoms with van der Waals surface area (Å²) in [5.74, 6) is 2.51. The number of nitrogens with zero attached hydrogens (tertiary/aromatic N) is 2. The van der Waals surface area contributed by atoms with E-state index >= 15 is 0 Å². The van der Waals surface area contributed by atoms with Gasteiger partial charge in [-0.1, -0.05) is 23.4 Å². The van der Waals surface area contributed by atoms with Crippen molar-refractivity contribution in [1.82, 2.24) is 10.1 Å². The maximum Gasteiger partial charge on any atom is 0.258 e. The number of hydrogen-bond donors (Lipinski definition) is 1. The van der Waals surface area contributed by atoms with Crippen molar-refractivity contribution >= 4 is 11.6 Å². The van der Waals surface area contributed by atoms with Gasteiger partial charge in [0.25, 0.3) is 5.91 Å². The normalized spacial score (nSPS) is 15.1. The van der Waals surface area contributed by atoms with E-state index < -0.39 is 6.17 Å². The second kappa shape index (κ2) is 8.97. The van der Waals surface area contributed by atoms with E-state index in [1.165, 1.54) is 0 Å². The number of aromatic nitrogens is 1. The van der Waals surface area contributed by atoms with E-state index in [2.05, 4.69) is 10.5 Å². The molecule has 0 saturated carbocycles. The molecule has 0 bridgehead atoms. The number of hydrogen-bond acceptors (Lipinski definition) is 7. The van der Waals surface area contributed by atoms with Gasteiger partial charge in [-0.3, -0.25) is 4.79 Å². The number of anilines is 1. The van der Waals surface area contributed by atoms with Gasteiger partial charge in [-0.25, -0.2) is 0 Å². The maximum atomic E-state index is 13.4. The first kappa shape index (κ1) is 21.6. The van der Waals surface area contributed by atoms with E-state index in [1.807, 2.05) is 68.4 Å². The summed E-state index contributed by atoms with van der Waals surface area (Å²) in [5.41, 5.74) is 3.97. The molecule has 8 heteroatoms. The third kappa shape index (κ3) is 3.98. The zero-order valence-corrected chi connectivity index (χ0v) is 19.2. The number of fused-ring (bicyclic) bond motifs is 1. The van der Waals surface area contributed by atoms with Crippen molar-refractivity contribution in [2.24, 2.45) is 0 Å². The number of para-hydroxylation sites is 1. The second-order valence-corrected chi connectivity index (χ2v) is 8.11. The molecule has 2 aromatic carbocycles. The monoisotopic (exact) mass is 459 g/mol. The average Bonchev–Trinajstić information content (AvgIpc) is 3.49. The largest absolute Gasteiger partial charge is 0.493 e. The van der Waals surface area contributed by atoms with Crippen LogP contribution in [0.3, 0.4) is 0 Å². The Hall–Kier alpha value is -4.20. The van der Waals surface area contributed by atoms with Crippen LogP contribution < -0.4 is 14.8 Å². The Morgan fingerprint density at radius 1 is 1.09 bits per heavy atom. The molecule has 174 valence electrons. The Morgan fingerprint density at radius 2 is 1.94 bits per heavy atom. The lowest BCUT2D eigenvalue weighted by Crippen LogP contribution is -2.42. The molecule has 1 N–H and O–H groups in total. The molecule has 0 spiro atoms. The van der Waals surface area contributed by atoms with E-state index in [0.29, 0.717) is 36.0 Å². The van der Waals surface area contributed by atoms with Gasteiger partial charge in [0.15, 0.2) is 11.5 Å². The van der Waals surface area contributed by atoms with Gasteiger partial charge < -0.3 is 28.6 Å². The quantitative estimate of drug-likeness (QED) is 0.404. The average molecular weight is 460 g/mol. The number of nitrogens with one attached hydrogen (secondary N) is 1. The zero-order valence-electron chi connectivity index (χ0n) is 19.2. The van der Waals surface area contributed by atoms with Gasteiger partial charge in [0.05, 0.1) is 36.7 Å². The Kier molecular flexibility index (Phi) is 5.71. The third-order valence-corrected chi connectivity index (χ3v) is 5.99. The molecule has 1 aliphatic heterocycles. The van der Waals surface area contributed by atoms with Crippen LogP contribution >= 0.6 is 0 Å². The van der Waals surface area contributed by atoms with Gasteiger partial charge in [0, 0.05) is 5.69 Å². The van der Waals surface area contributed by atoms with Crippen LogP contribution in [0.1, 0.15) is 44.9 Å². The van der Waals surface area contributed by atoms with Crippen molar-refractivity contribution in [1.29, 1.82) is 0 Å². The molecule has 1 aliphatic rings. The number of furan rings is 1. The number of carbonyl (C=O) groups excluding carboxylic acids is 1. The van der Waals surface area contributed by atoms with E-state index in [1.54, 1.807) is 18.3 Å². The van der Waals surface area contributed by atoms with Crippen LogP contribution in [0.5, 0.6) is 11.5 Å². The molecule has 5 rings (SSSR count). The number of methoxy groups -OCH3 is 1. The van der Waals surface area contributed by atoms with Crippen LogP contribution in [-0.2, 0) is 13.2 Å². The Labute approximate surface area is 197 Å². The molecule has 0 fully saturated rings. The summed E-state index contributed by atoms with van der Waals surface area (Å²) >= 11 is 0. The van der Waals surface area contributed by atoms with Gasteiger partial charge in [-0.05, 0) is 55.8 Å². The molecule has 3 heterocycles. The minimum absolute atomic E-state index is 0.0755. The number of carbonyl (C=O) groups is 1. The first-order valence-corrected chi connectivity index (χ1v) is 11.0. The lowest BCUT2D eigenvalue weighted by Gasteiger charge is -2.37.